The summed E-state index contributed by atoms with van der Waals surface area (Å²) < 4.78 is 24.4. The molecule has 0 saturated carbocycles. The van der Waals surface area contributed by atoms with Crippen molar-refractivity contribution in [2.75, 3.05) is 55.8 Å². The van der Waals surface area contributed by atoms with Gasteiger partial charge in [0.05, 0.1) is 12.7 Å². The lowest BCUT2D eigenvalue weighted by atomic mass is 10.1. The molecule has 1 saturated heterocycles. The predicted molar refractivity (Wildman–Crippen MR) is 118 cm³/mol. The summed E-state index contributed by atoms with van der Waals surface area (Å²) in [5.74, 6) is 2.13. The lowest BCUT2D eigenvalue weighted by Gasteiger charge is -2.26. The largest absolute Gasteiger partial charge is 0.341 e. The first-order chi connectivity index (χ1) is 13.8. The predicted octanol–water partition coefficient (Wildman–Crippen LogP) is 1.60. The van der Waals surface area contributed by atoms with Crippen molar-refractivity contribution in [3.63, 3.8) is 0 Å². The summed E-state index contributed by atoms with van der Waals surface area (Å²) in [4.78, 5) is 26.2. The third-order valence-electron chi connectivity index (χ3n) is 4.62. The normalized spacial score (nSPS) is 14.7. The topological polar surface area (TPSA) is 98.8 Å². The minimum Gasteiger partial charge on any atom is -0.341 e. The van der Waals surface area contributed by atoms with E-state index < -0.39 is 10.0 Å². The van der Waals surface area contributed by atoms with Gasteiger partial charge in [0.1, 0.15) is 0 Å². The van der Waals surface area contributed by atoms with Gasteiger partial charge in [0, 0.05) is 49.9 Å². The first kappa shape index (κ1) is 23.5. The summed E-state index contributed by atoms with van der Waals surface area (Å²) in [6.45, 7) is 4.56. The molecule has 1 fully saturated rings. The number of rotatable bonds is 9. The summed E-state index contributed by atoms with van der Waals surface area (Å²) in [6, 6.07) is 6.89. The molecule has 29 heavy (non-hydrogen) atoms. The summed E-state index contributed by atoms with van der Waals surface area (Å²) in [5.41, 5.74) is 1.55. The van der Waals surface area contributed by atoms with Crippen LogP contribution in [-0.4, -0.2) is 80.0 Å². The number of nitrogens with one attached hydrogen (secondary N) is 2. The molecular formula is C19H30N4O4S2. The van der Waals surface area contributed by atoms with Crippen molar-refractivity contribution in [1.29, 1.82) is 0 Å². The van der Waals surface area contributed by atoms with Crippen LogP contribution in [0.4, 0.5) is 10.5 Å². The Hall–Kier alpha value is -1.78. The van der Waals surface area contributed by atoms with Gasteiger partial charge in [-0.1, -0.05) is 19.1 Å². The molecule has 0 aromatic heterocycles. The van der Waals surface area contributed by atoms with Gasteiger partial charge in [-0.2, -0.15) is 11.8 Å². The summed E-state index contributed by atoms with van der Waals surface area (Å²) in [5, 5.41) is 5.46. The monoisotopic (exact) mass is 442 g/mol. The van der Waals surface area contributed by atoms with E-state index in [0.29, 0.717) is 38.2 Å². The van der Waals surface area contributed by atoms with Crippen LogP contribution in [0.25, 0.3) is 0 Å². The number of hydrogen-bond acceptors (Lipinski definition) is 5. The minimum absolute atomic E-state index is 0.138. The first-order valence-corrected chi connectivity index (χ1v) is 12.7. The van der Waals surface area contributed by atoms with Crippen LogP contribution in [-0.2, 0) is 21.2 Å². The second-order valence-corrected chi connectivity index (χ2v) is 10.1. The molecule has 10 heteroatoms. The first-order valence-electron chi connectivity index (χ1n) is 9.74. The van der Waals surface area contributed by atoms with Crippen molar-refractivity contribution in [3.05, 3.63) is 29.8 Å². The van der Waals surface area contributed by atoms with E-state index in [-0.39, 0.29) is 11.9 Å². The van der Waals surface area contributed by atoms with E-state index in [2.05, 4.69) is 10.6 Å². The van der Waals surface area contributed by atoms with Gasteiger partial charge in [-0.25, -0.2) is 17.5 Å². The summed E-state index contributed by atoms with van der Waals surface area (Å²) in [6.07, 6.45) is 2.08. The molecule has 3 amide bonds. The number of carbonyl (C=O) groups excluding carboxylic acids is 2. The molecule has 2 N–H and O–H groups in total. The van der Waals surface area contributed by atoms with Gasteiger partial charge in [-0.15, -0.1) is 0 Å². The molecule has 1 aliphatic heterocycles. The Morgan fingerprint density at radius 3 is 2.41 bits per heavy atom. The molecule has 1 aromatic rings. The average molecular weight is 443 g/mol. The van der Waals surface area contributed by atoms with E-state index in [9.17, 15) is 18.0 Å². The van der Waals surface area contributed by atoms with E-state index >= 15 is 0 Å². The number of anilines is 1. The van der Waals surface area contributed by atoms with E-state index in [1.54, 1.807) is 19.1 Å². The van der Waals surface area contributed by atoms with Crippen LogP contribution in [0.1, 0.15) is 18.9 Å². The fourth-order valence-electron chi connectivity index (χ4n) is 3.00. The Bertz CT molecular complexity index is 778. The SMILES string of the molecule is CCN(CCCNC(=O)Nc1ccc(CC(=O)N2CCSCC2)cc1)S(C)(=O)=O. The molecule has 1 aliphatic rings. The van der Waals surface area contributed by atoms with Crippen LogP contribution < -0.4 is 10.6 Å². The van der Waals surface area contributed by atoms with E-state index in [1.807, 2.05) is 28.8 Å². The maximum atomic E-state index is 12.3. The van der Waals surface area contributed by atoms with Crippen LogP contribution in [0.3, 0.4) is 0 Å². The summed E-state index contributed by atoms with van der Waals surface area (Å²) >= 11 is 1.87. The Kier molecular flexibility index (Phi) is 9.25. The van der Waals surface area contributed by atoms with Gasteiger partial charge in [0.15, 0.2) is 0 Å². The number of sulfonamides is 1. The number of carbonyl (C=O) groups is 2. The quantitative estimate of drug-likeness (QED) is 0.566. The lowest BCUT2D eigenvalue weighted by molar-refractivity contribution is -0.130. The molecule has 0 unspecified atom stereocenters. The Morgan fingerprint density at radius 1 is 1.17 bits per heavy atom. The number of nitrogens with zero attached hydrogens (tertiary/aromatic N) is 2. The van der Waals surface area contributed by atoms with E-state index in [4.69, 9.17) is 0 Å². The fourth-order valence-corrected chi connectivity index (χ4v) is 4.83. The Morgan fingerprint density at radius 2 is 1.83 bits per heavy atom. The fraction of sp³-hybridized carbons (Fsp3) is 0.579. The van der Waals surface area contributed by atoms with Crippen molar-refractivity contribution < 1.29 is 18.0 Å². The third kappa shape index (κ3) is 8.23. The molecule has 8 nitrogen and oxygen atoms in total. The molecule has 162 valence electrons. The van der Waals surface area contributed by atoms with Crippen LogP contribution >= 0.6 is 11.8 Å². The number of amides is 3. The lowest BCUT2D eigenvalue weighted by Crippen LogP contribution is -2.38. The highest BCUT2D eigenvalue weighted by Gasteiger charge is 2.17. The number of thioether (sulfide) groups is 1. The maximum absolute atomic E-state index is 12.3. The maximum Gasteiger partial charge on any atom is 0.319 e. The third-order valence-corrected chi connectivity index (χ3v) is 6.94. The smallest absolute Gasteiger partial charge is 0.319 e. The molecule has 0 bridgehead atoms. The van der Waals surface area contributed by atoms with Crippen LogP contribution in [0.2, 0.25) is 0 Å². The van der Waals surface area contributed by atoms with Crippen LogP contribution in [0.5, 0.6) is 0 Å². The van der Waals surface area contributed by atoms with Gasteiger partial charge in [0.2, 0.25) is 15.9 Å². The molecule has 1 heterocycles. The van der Waals surface area contributed by atoms with Crippen molar-refractivity contribution >= 4 is 39.4 Å². The van der Waals surface area contributed by atoms with Crippen molar-refractivity contribution in [1.82, 2.24) is 14.5 Å². The van der Waals surface area contributed by atoms with E-state index in [0.717, 1.165) is 30.2 Å². The van der Waals surface area contributed by atoms with Gasteiger partial charge in [-0.05, 0) is 24.1 Å². The number of benzene rings is 1. The second kappa shape index (κ2) is 11.4. The van der Waals surface area contributed by atoms with E-state index in [1.165, 1.54) is 10.6 Å². The standard InChI is InChI=1S/C19H30N4O4S2/c1-3-23(29(2,26)27)10-4-9-20-19(25)21-17-7-5-16(6-8-17)15-18(24)22-11-13-28-14-12-22/h5-8H,3-4,9-15H2,1-2H3,(H2,20,21,25). The number of hydrogen-bond donors (Lipinski definition) is 2. The van der Waals surface area contributed by atoms with Crippen molar-refractivity contribution in [3.8, 4) is 0 Å². The van der Waals surface area contributed by atoms with Gasteiger partial charge in [0.25, 0.3) is 0 Å². The molecule has 0 radical (unpaired) electrons. The molecule has 0 atom stereocenters. The summed E-state index contributed by atoms with van der Waals surface area (Å²) in [7, 11) is -3.21. The molecule has 2 rings (SSSR count). The highest BCUT2D eigenvalue weighted by atomic mass is 32.2. The van der Waals surface area contributed by atoms with Crippen molar-refractivity contribution in [2.45, 2.75) is 19.8 Å². The zero-order valence-electron chi connectivity index (χ0n) is 17.0. The molecule has 0 aliphatic carbocycles. The average Bonchev–Trinajstić information content (AvgIpc) is 2.69. The zero-order chi connectivity index (χ0) is 21.3. The second-order valence-electron chi connectivity index (χ2n) is 6.86. The highest BCUT2D eigenvalue weighted by Crippen LogP contribution is 2.14. The molecule has 1 aromatic carbocycles. The molecule has 0 spiro atoms. The van der Waals surface area contributed by atoms with Gasteiger partial charge in [-0.3, -0.25) is 4.79 Å². The van der Waals surface area contributed by atoms with Gasteiger partial charge >= 0.3 is 6.03 Å². The highest BCUT2D eigenvalue weighted by molar-refractivity contribution is 7.99. The zero-order valence-corrected chi connectivity index (χ0v) is 18.7. The molecular weight excluding hydrogens is 412 g/mol. The minimum atomic E-state index is -3.21. The van der Waals surface area contributed by atoms with Crippen LogP contribution in [0.15, 0.2) is 24.3 Å². The van der Waals surface area contributed by atoms with Crippen molar-refractivity contribution in [2.24, 2.45) is 0 Å². The van der Waals surface area contributed by atoms with Gasteiger partial charge < -0.3 is 15.5 Å². The number of urea groups is 1. The van der Waals surface area contributed by atoms with Crippen LogP contribution in [0, 0.1) is 0 Å². The Labute approximate surface area is 177 Å². The Balaban J connectivity index is 1.71.